The van der Waals surface area contributed by atoms with Crippen molar-refractivity contribution in [3.63, 3.8) is 0 Å². The minimum atomic E-state index is -1.01. The van der Waals surface area contributed by atoms with Crippen LogP contribution in [0.25, 0.3) is 0 Å². The van der Waals surface area contributed by atoms with Gasteiger partial charge in [-0.1, -0.05) is 18.2 Å². The maximum absolute atomic E-state index is 11.9. The molecule has 0 heterocycles. The standard InChI is InChI=1S/C14H21NO3S/c1-14(2,3)18-13(16)15-10-7-11-19(17)12-8-5-4-6-9-12/h4-6,8-9H,7,10-11H2,1-3H3,(H,15,16). The van der Waals surface area contributed by atoms with Gasteiger partial charge in [0.2, 0.25) is 0 Å². The molecule has 1 unspecified atom stereocenters. The number of rotatable bonds is 5. The topological polar surface area (TPSA) is 55.4 Å². The summed E-state index contributed by atoms with van der Waals surface area (Å²) in [6, 6.07) is 9.32. The maximum Gasteiger partial charge on any atom is 0.407 e. The van der Waals surface area contributed by atoms with Gasteiger partial charge in [0.15, 0.2) is 0 Å². The summed E-state index contributed by atoms with van der Waals surface area (Å²) in [6.45, 7) is 5.92. The van der Waals surface area contributed by atoms with Gasteiger partial charge in [-0.15, -0.1) is 0 Å². The number of hydrogen-bond acceptors (Lipinski definition) is 3. The molecule has 0 aliphatic carbocycles. The third-order valence-electron chi connectivity index (χ3n) is 2.18. The first kappa shape index (κ1) is 15.7. The second kappa shape index (κ2) is 7.28. The first-order valence-corrected chi connectivity index (χ1v) is 7.61. The Labute approximate surface area is 117 Å². The van der Waals surface area contributed by atoms with Gasteiger partial charge in [0.25, 0.3) is 0 Å². The highest BCUT2D eigenvalue weighted by Gasteiger charge is 2.15. The summed E-state index contributed by atoms with van der Waals surface area (Å²) in [6.07, 6.45) is 0.221. The van der Waals surface area contributed by atoms with Gasteiger partial charge in [0, 0.05) is 17.2 Å². The fourth-order valence-electron chi connectivity index (χ4n) is 1.40. The van der Waals surface area contributed by atoms with Crippen LogP contribution in [0.1, 0.15) is 27.2 Å². The predicted octanol–water partition coefficient (Wildman–Crippen LogP) is 2.71. The average Bonchev–Trinajstić information content (AvgIpc) is 2.33. The lowest BCUT2D eigenvalue weighted by Gasteiger charge is -2.19. The molecular weight excluding hydrogens is 262 g/mol. The van der Waals surface area contributed by atoms with Gasteiger partial charge >= 0.3 is 6.09 Å². The Kier molecular flexibility index (Phi) is 6.02. The number of hydrogen-bond donors (Lipinski definition) is 1. The summed E-state index contributed by atoms with van der Waals surface area (Å²) in [7, 11) is -1.01. The van der Waals surface area contributed by atoms with E-state index in [1.54, 1.807) is 0 Å². The van der Waals surface area contributed by atoms with E-state index in [1.165, 1.54) is 0 Å². The average molecular weight is 283 g/mol. The second-order valence-electron chi connectivity index (χ2n) is 5.14. The molecule has 0 saturated carbocycles. The van der Waals surface area contributed by atoms with E-state index in [0.717, 1.165) is 4.90 Å². The largest absolute Gasteiger partial charge is 0.444 e. The molecule has 0 spiro atoms. The number of benzene rings is 1. The van der Waals surface area contributed by atoms with Crippen LogP contribution >= 0.6 is 0 Å². The number of alkyl carbamates (subject to hydrolysis) is 1. The Balaban J connectivity index is 2.21. The molecule has 106 valence electrons. The van der Waals surface area contributed by atoms with Crippen molar-refractivity contribution in [1.29, 1.82) is 0 Å². The molecule has 19 heavy (non-hydrogen) atoms. The third kappa shape index (κ3) is 6.96. The highest BCUT2D eigenvalue weighted by molar-refractivity contribution is 7.85. The molecule has 0 aromatic heterocycles. The van der Waals surface area contributed by atoms with Crippen LogP contribution in [0.3, 0.4) is 0 Å². The number of amides is 1. The Morgan fingerprint density at radius 1 is 1.26 bits per heavy atom. The van der Waals surface area contributed by atoms with Crippen molar-refractivity contribution in [2.75, 3.05) is 12.3 Å². The zero-order valence-electron chi connectivity index (χ0n) is 11.6. The van der Waals surface area contributed by atoms with E-state index >= 15 is 0 Å². The van der Waals surface area contributed by atoms with E-state index in [2.05, 4.69) is 5.32 Å². The maximum atomic E-state index is 11.9. The fourth-order valence-corrected chi connectivity index (χ4v) is 2.50. The van der Waals surface area contributed by atoms with Gasteiger partial charge in [-0.05, 0) is 39.3 Å². The van der Waals surface area contributed by atoms with E-state index in [0.29, 0.717) is 18.7 Å². The summed E-state index contributed by atoms with van der Waals surface area (Å²) >= 11 is 0. The number of carbonyl (C=O) groups is 1. The van der Waals surface area contributed by atoms with E-state index in [9.17, 15) is 9.00 Å². The van der Waals surface area contributed by atoms with E-state index in [1.807, 2.05) is 51.1 Å². The molecule has 1 rings (SSSR count). The van der Waals surface area contributed by atoms with Crippen molar-refractivity contribution >= 4 is 16.9 Å². The zero-order chi connectivity index (χ0) is 14.3. The molecule has 5 heteroatoms. The monoisotopic (exact) mass is 283 g/mol. The Hall–Kier alpha value is -1.36. The van der Waals surface area contributed by atoms with Crippen LogP contribution in [0.2, 0.25) is 0 Å². The van der Waals surface area contributed by atoms with Crippen molar-refractivity contribution in [3.05, 3.63) is 30.3 Å². The molecule has 1 atom stereocenters. The van der Waals surface area contributed by atoms with Crippen molar-refractivity contribution in [3.8, 4) is 0 Å². The van der Waals surface area contributed by atoms with Crippen LogP contribution in [-0.2, 0) is 15.5 Å². The fraction of sp³-hybridized carbons (Fsp3) is 0.500. The summed E-state index contributed by atoms with van der Waals surface area (Å²) < 4.78 is 17.0. The normalized spacial score (nSPS) is 12.8. The van der Waals surface area contributed by atoms with Gasteiger partial charge in [-0.3, -0.25) is 4.21 Å². The lowest BCUT2D eigenvalue weighted by Crippen LogP contribution is -2.33. The molecule has 0 bridgehead atoms. The Morgan fingerprint density at radius 3 is 2.47 bits per heavy atom. The van der Waals surface area contributed by atoms with Crippen LogP contribution in [-0.4, -0.2) is 28.2 Å². The van der Waals surface area contributed by atoms with Crippen molar-refractivity contribution < 1.29 is 13.7 Å². The van der Waals surface area contributed by atoms with Crippen LogP contribution in [0, 0.1) is 0 Å². The van der Waals surface area contributed by atoms with Gasteiger partial charge < -0.3 is 10.1 Å². The van der Waals surface area contributed by atoms with E-state index in [4.69, 9.17) is 4.74 Å². The zero-order valence-corrected chi connectivity index (χ0v) is 12.5. The summed E-state index contributed by atoms with van der Waals surface area (Å²) in [5.74, 6) is 0.528. The summed E-state index contributed by atoms with van der Waals surface area (Å²) in [5.41, 5.74) is -0.489. The van der Waals surface area contributed by atoms with E-state index in [-0.39, 0.29) is 0 Å². The third-order valence-corrected chi connectivity index (χ3v) is 3.64. The molecule has 4 nitrogen and oxygen atoms in total. The number of nitrogens with one attached hydrogen (secondary N) is 1. The lowest BCUT2D eigenvalue weighted by molar-refractivity contribution is 0.0528. The van der Waals surface area contributed by atoms with Crippen LogP contribution in [0.5, 0.6) is 0 Å². The summed E-state index contributed by atoms with van der Waals surface area (Å²) in [5, 5.41) is 2.65. The highest BCUT2D eigenvalue weighted by atomic mass is 32.2. The number of carbonyl (C=O) groups excluding carboxylic acids is 1. The quantitative estimate of drug-likeness (QED) is 0.845. The highest BCUT2D eigenvalue weighted by Crippen LogP contribution is 2.07. The molecule has 1 amide bonds. The molecule has 1 N–H and O–H groups in total. The molecule has 1 aromatic rings. The smallest absolute Gasteiger partial charge is 0.407 e. The molecular formula is C14H21NO3S. The molecule has 1 aromatic carbocycles. The lowest BCUT2D eigenvalue weighted by atomic mass is 10.2. The van der Waals surface area contributed by atoms with Crippen molar-refractivity contribution in [1.82, 2.24) is 5.32 Å². The van der Waals surface area contributed by atoms with Gasteiger partial charge in [-0.2, -0.15) is 0 Å². The van der Waals surface area contributed by atoms with Crippen LogP contribution < -0.4 is 5.32 Å². The van der Waals surface area contributed by atoms with Crippen LogP contribution in [0.4, 0.5) is 4.79 Å². The first-order valence-electron chi connectivity index (χ1n) is 6.29. The van der Waals surface area contributed by atoms with Gasteiger partial charge in [0.1, 0.15) is 5.60 Å². The molecule has 0 radical (unpaired) electrons. The van der Waals surface area contributed by atoms with Gasteiger partial charge in [0.05, 0.1) is 10.8 Å². The first-order chi connectivity index (χ1) is 8.88. The van der Waals surface area contributed by atoms with Crippen molar-refractivity contribution in [2.45, 2.75) is 37.7 Å². The Morgan fingerprint density at radius 2 is 1.89 bits per heavy atom. The Bertz CT molecular complexity index is 426. The molecule has 0 aliphatic heterocycles. The predicted molar refractivity (Wildman–Crippen MR) is 76.6 cm³/mol. The molecule has 0 saturated heterocycles. The summed E-state index contributed by atoms with van der Waals surface area (Å²) in [4.78, 5) is 12.2. The number of ether oxygens (including phenoxy) is 1. The SMILES string of the molecule is CC(C)(C)OC(=O)NCCCS(=O)c1ccccc1. The second-order valence-corrected chi connectivity index (χ2v) is 6.72. The minimum absolute atomic E-state index is 0.432. The van der Waals surface area contributed by atoms with Crippen LogP contribution in [0.15, 0.2) is 35.2 Å². The molecule has 0 fully saturated rings. The minimum Gasteiger partial charge on any atom is -0.444 e. The van der Waals surface area contributed by atoms with Gasteiger partial charge in [-0.25, -0.2) is 4.79 Å². The van der Waals surface area contributed by atoms with Crippen molar-refractivity contribution in [2.24, 2.45) is 0 Å². The van der Waals surface area contributed by atoms with E-state index < -0.39 is 22.5 Å². The molecule has 0 aliphatic rings.